The Labute approximate surface area is 149 Å². The number of nitrogens with one attached hydrogen (secondary N) is 1. The molecule has 1 aliphatic rings. The summed E-state index contributed by atoms with van der Waals surface area (Å²) in [5.41, 5.74) is 1.31. The molecule has 0 aliphatic carbocycles. The molecule has 134 valence electrons. The summed E-state index contributed by atoms with van der Waals surface area (Å²) in [6, 6.07) is 2.16. The summed E-state index contributed by atoms with van der Waals surface area (Å²) in [4.78, 5) is 28.9. The maximum atomic E-state index is 12.9. The van der Waals surface area contributed by atoms with Crippen molar-refractivity contribution in [3.8, 4) is 0 Å². The molecule has 4 nitrogen and oxygen atoms in total. The van der Waals surface area contributed by atoms with Gasteiger partial charge in [0.2, 0.25) is 5.91 Å². The Bertz CT molecular complexity index is 580. The smallest absolute Gasteiger partial charge is 0.264 e. The van der Waals surface area contributed by atoms with E-state index in [1.165, 1.54) is 10.4 Å². The predicted molar refractivity (Wildman–Crippen MR) is 99.6 cm³/mol. The monoisotopic (exact) mass is 350 g/mol. The van der Waals surface area contributed by atoms with Crippen LogP contribution in [-0.2, 0) is 17.6 Å². The average molecular weight is 351 g/mol. The van der Waals surface area contributed by atoms with Crippen LogP contribution >= 0.6 is 11.3 Å². The Hall–Kier alpha value is -1.36. The molecule has 1 aromatic rings. The van der Waals surface area contributed by atoms with E-state index in [4.69, 9.17) is 0 Å². The van der Waals surface area contributed by atoms with E-state index in [0.717, 1.165) is 43.5 Å². The molecule has 0 bridgehead atoms. The summed E-state index contributed by atoms with van der Waals surface area (Å²) < 4.78 is 0. The summed E-state index contributed by atoms with van der Waals surface area (Å²) in [7, 11) is 0. The fourth-order valence-corrected chi connectivity index (χ4v) is 4.44. The molecule has 1 atom stereocenters. The van der Waals surface area contributed by atoms with Crippen LogP contribution in [0.3, 0.4) is 0 Å². The molecule has 0 spiro atoms. The lowest BCUT2D eigenvalue weighted by atomic mass is 10.0. The number of hydrogen-bond acceptors (Lipinski definition) is 3. The van der Waals surface area contributed by atoms with Crippen molar-refractivity contribution in [2.45, 2.75) is 65.8 Å². The number of nitrogens with zero attached hydrogens (tertiary/aromatic N) is 1. The molecule has 24 heavy (non-hydrogen) atoms. The van der Waals surface area contributed by atoms with E-state index in [2.05, 4.69) is 25.2 Å². The fraction of sp³-hybridized carbons (Fsp3) is 0.684. The van der Waals surface area contributed by atoms with Crippen LogP contribution in [0.15, 0.2) is 6.07 Å². The molecular formula is C19H30N2O2S. The minimum Gasteiger partial charge on any atom is -0.351 e. The van der Waals surface area contributed by atoms with E-state index in [9.17, 15) is 9.59 Å². The first-order valence-corrected chi connectivity index (χ1v) is 9.99. The van der Waals surface area contributed by atoms with Crippen LogP contribution in [0.4, 0.5) is 0 Å². The lowest BCUT2D eigenvalue weighted by Crippen LogP contribution is -2.50. The van der Waals surface area contributed by atoms with Crippen molar-refractivity contribution in [1.82, 2.24) is 10.2 Å². The first kappa shape index (κ1) is 19.0. The molecular weight excluding hydrogens is 320 g/mol. The maximum absolute atomic E-state index is 12.9. The fourth-order valence-electron chi connectivity index (χ4n) is 3.11. The van der Waals surface area contributed by atoms with Gasteiger partial charge in [-0.25, -0.2) is 0 Å². The molecule has 1 aromatic heterocycles. The largest absolute Gasteiger partial charge is 0.351 e. The van der Waals surface area contributed by atoms with E-state index in [1.807, 2.05) is 18.7 Å². The zero-order valence-electron chi connectivity index (χ0n) is 15.4. The lowest BCUT2D eigenvalue weighted by molar-refractivity contribution is -0.125. The van der Waals surface area contributed by atoms with Crippen molar-refractivity contribution in [2.75, 3.05) is 13.1 Å². The standard InChI is InChI=1S/C19H30N2O2S/c1-5-8-16-14(6-2)11-17(24-16)19(23)21-10-7-9-15(12-21)20-18(22)13(3)4/h11,13,15H,5-10,12H2,1-4H3,(H,20,22). The minimum atomic E-state index is -0.0166. The maximum Gasteiger partial charge on any atom is 0.264 e. The number of rotatable bonds is 6. The van der Waals surface area contributed by atoms with Gasteiger partial charge in [-0.05, 0) is 37.3 Å². The van der Waals surface area contributed by atoms with E-state index in [0.29, 0.717) is 6.54 Å². The number of likely N-dealkylation sites (tertiary alicyclic amines) is 1. The third-order valence-corrected chi connectivity index (χ3v) is 5.77. The molecule has 0 saturated carbocycles. The molecule has 0 aromatic carbocycles. The van der Waals surface area contributed by atoms with E-state index in [-0.39, 0.29) is 23.8 Å². The second-order valence-electron chi connectivity index (χ2n) is 6.92. The molecule has 1 aliphatic heterocycles. The van der Waals surface area contributed by atoms with Crippen molar-refractivity contribution in [3.63, 3.8) is 0 Å². The van der Waals surface area contributed by atoms with E-state index < -0.39 is 0 Å². The quantitative estimate of drug-likeness (QED) is 0.851. The van der Waals surface area contributed by atoms with Crippen LogP contribution in [0.2, 0.25) is 0 Å². The number of piperidine rings is 1. The van der Waals surface area contributed by atoms with Crippen molar-refractivity contribution in [3.05, 3.63) is 21.4 Å². The number of carbonyl (C=O) groups excluding carboxylic acids is 2. The molecule has 2 heterocycles. The highest BCUT2D eigenvalue weighted by Gasteiger charge is 2.27. The SMILES string of the molecule is CCCc1sc(C(=O)N2CCCC(NC(=O)C(C)C)C2)cc1CC. The summed E-state index contributed by atoms with van der Waals surface area (Å²) in [6.45, 7) is 9.53. The first-order valence-electron chi connectivity index (χ1n) is 9.17. The molecule has 1 unspecified atom stereocenters. The summed E-state index contributed by atoms with van der Waals surface area (Å²) in [6.07, 6.45) is 5.03. The number of carbonyl (C=O) groups is 2. The van der Waals surface area contributed by atoms with Gasteiger partial charge in [-0.2, -0.15) is 0 Å². The Morgan fingerprint density at radius 3 is 2.75 bits per heavy atom. The van der Waals surface area contributed by atoms with Crippen LogP contribution in [0.25, 0.3) is 0 Å². The van der Waals surface area contributed by atoms with Gasteiger partial charge in [0.25, 0.3) is 5.91 Å². The Kier molecular flexibility index (Phi) is 6.84. The minimum absolute atomic E-state index is 0.0166. The molecule has 1 fully saturated rings. The number of aryl methyl sites for hydroxylation is 2. The second kappa shape index (κ2) is 8.65. The van der Waals surface area contributed by atoms with Gasteiger partial charge in [-0.15, -0.1) is 11.3 Å². The average Bonchev–Trinajstić information content (AvgIpc) is 2.97. The highest BCUT2D eigenvalue weighted by molar-refractivity contribution is 7.14. The molecule has 5 heteroatoms. The van der Waals surface area contributed by atoms with Gasteiger partial charge in [0, 0.05) is 29.9 Å². The Balaban J connectivity index is 2.05. The predicted octanol–water partition coefficient (Wildman–Crippen LogP) is 3.64. The van der Waals surface area contributed by atoms with Crippen molar-refractivity contribution in [1.29, 1.82) is 0 Å². The van der Waals surface area contributed by atoms with Gasteiger partial charge in [-0.3, -0.25) is 9.59 Å². The normalized spacial score (nSPS) is 18.0. The summed E-state index contributed by atoms with van der Waals surface area (Å²) >= 11 is 1.65. The molecule has 2 amide bonds. The van der Waals surface area contributed by atoms with Gasteiger partial charge in [-0.1, -0.05) is 34.1 Å². The van der Waals surface area contributed by atoms with Crippen molar-refractivity contribution >= 4 is 23.2 Å². The third-order valence-electron chi connectivity index (χ3n) is 4.54. The number of hydrogen-bond donors (Lipinski definition) is 1. The highest BCUT2D eigenvalue weighted by Crippen LogP contribution is 2.26. The van der Waals surface area contributed by atoms with E-state index in [1.54, 1.807) is 11.3 Å². The van der Waals surface area contributed by atoms with Crippen molar-refractivity contribution in [2.24, 2.45) is 5.92 Å². The van der Waals surface area contributed by atoms with Crippen LogP contribution in [0, 0.1) is 5.92 Å². The summed E-state index contributed by atoms with van der Waals surface area (Å²) in [5, 5.41) is 3.07. The molecule has 1 saturated heterocycles. The first-order chi connectivity index (χ1) is 11.5. The van der Waals surface area contributed by atoms with Crippen LogP contribution in [0.1, 0.15) is 67.1 Å². The van der Waals surface area contributed by atoms with Gasteiger partial charge in [0.1, 0.15) is 0 Å². The van der Waals surface area contributed by atoms with Gasteiger partial charge >= 0.3 is 0 Å². The topological polar surface area (TPSA) is 49.4 Å². The Morgan fingerprint density at radius 1 is 1.38 bits per heavy atom. The lowest BCUT2D eigenvalue weighted by Gasteiger charge is -2.33. The highest BCUT2D eigenvalue weighted by atomic mass is 32.1. The summed E-state index contributed by atoms with van der Waals surface area (Å²) in [5.74, 6) is 0.182. The molecule has 2 rings (SSSR count). The zero-order chi connectivity index (χ0) is 17.7. The third kappa shape index (κ3) is 4.59. The number of thiophene rings is 1. The van der Waals surface area contributed by atoms with Gasteiger partial charge in [0.05, 0.1) is 4.88 Å². The van der Waals surface area contributed by atoms with Crippen LogP contribution in [0.5, 0.6) is 0 Å². The number of amides is 2. The van der Waals surface area contributed by atoms with Gasteiger partial charge < -0.3 is 10.2 Å². The van der Waals surface area contributed by atoms with Crippen molar-refractivity contribution < 1.29 is 9.59 Å². The zero-order valence-corrected chi connectivity index (χ0v) is 16.2. The van der Waals surface area contributed by atoms with Gasteiger partial charge in [0.15, 0.2) is 0 Å². The Morgan fingerprint density at radius 2 is 2.12 bits per heavy atom. The van der Waals surface area contributed by atoms with Crippen LogP contribution < -0.4 is 5.32 Å². The molecule has 1 N–H and O–H groups in total. The molecule has 0 radical (unpaired) electrons. The van der Waals surface area contributed by atoms with Crippen LogP contribution in [-0.4, -0.2) is 35.8 Å². The van der Waals surface area contributed by atoms with E-state index >= 15 is 0 Å². The second-order valence-corrected chi connectivity index (χ2v) is 8.05.